The van der Waals surface area contributed by atoms with Crippen molar-refractivity contribution in [2.75, 3.05) is 7.05 Å². The number of hydrogen-bond acceptors (Lipinski definition) is 4. The zero-order chi connectivity index (χ0) is 14.7. The van der Waals surface area contributed by atoms with E-state index in [1.54, 1.807) is 32.4 Å². The molecule has 0 bridgehead atoms. The molecule has 7 heteroatoms. The van der Waals surface area contributed by atoms with Gasteiger partial charge in [0.2, 0.25) is 0 Å². The number of aromatic nitrogens is 2. The van der Waals surface area contributed by atoms with Crippen LogP contribution in [0, 0.1) is 17.0 Å². The normalized spacial score (nSPS) is 10.3. The number of rotatable bonds is 4. The molecule has 104 valence electrons. The van der Waals surface area contributed by atoms with Crippen molar-refractivity contribution in [2.45, 2.75) is 13.5 Å². The van der Waals surface area contributed by atoms with Crippen molar-refractivity contribution in [3.05, 3.63) is 57.4 Å². The molecule has 20 heavy (non-hydrogen) atoms. The van der Waals surface area contributed by atoms with E-state index in [0.29, 0.717) is 6.54 Å². The van der Waals surface area contributed by atoms with Gasteiger partial charge < -0.3 is 4.90 Å². The lowest BCUT2D eigenvalue weighted by Crippen LogP contribution is -2.26. The number of aryl methyl sites for hydroxylation is 1. The molecule has 0 aliphatic rings. The first-order valence-electron chi connectivity index (χ1n) is 5.97. The number of nitrogens with zero attached hydrogens (tertiary/aromatic N) is 3. The number of nitro groups is 1. The number of hydrogen-bond donors (Lipinski definition) is 1. The van der Waals surface area contributed by atoms with Crippen molar-refractivity contribution in [1.29, 1.82) is 0 Å². The van der Waals surface area contributed by atoms with Crippen LogP contribution in [-0.2, 0) is 6.54 Å². The van der Waals surface area contributed by atoms with Crippen molar-refractivity contribution in [3.63, 3.8) is 0 Å². The summed E-state index contributed by atoms with van der Waals surface area (Å²) in [6.45, 7) is 2.12. The van der Waals surface area contributed by atoms with Gasteiger partial charge in [0.15, 0.2) is 0 Å². The molecule has 2 aromatic rings. The first-order valence-corrected chi connectivity index (χ1v) is 5.97. The Morgan fingerprint density at radius 2 is 2.25 bits per heavy atom. The number of carbonyl (C=O) groups is 1. The Morgan fingerprint density at radius 1 is 1.50 bits per heavy atom. The molecule has 7 nitrogen and oxygen atoms in total. The summed E-state index contributed by atoms with van der Waals surface area (Å²) in [5.74, 6) is -0.387. The van der Waals surface area contributed by atoms with Crippen LogP contribution in [-0.4, -0.2) is 33.0 Å². The van der Waals surface area contributed by atoms with Crippen molar-refractivity contribution in [3.8, 4) is 0 Å². The summed E-state index contributed by atoms with van der Waals surface area (Å²) in [5, 5.41) is 17.4. The van der Waals surface area contributed by atoms with E-state index in [9.17, 15) is 14.9 Å². The van der Waals surface area contributed by atoms with Gasteiger partial charge in [-0.3, -0.25) is 20.0 Å². The van der Waals surface area contributed by atoms with E-state index in [1.807, 2.05) is 0 Å². The maximum atomic E-state index is 12.3. The molecule has 0 unspecified atom stereocenters. The molecule has 1 heterocycles. The van der Waals surface area contributed by atoms with Crippen LogP contribution in [0.5, 0.6) is 0 Å². The van der Waals surface area contributed by atoms with Crippen molar-refractivity contribution < 1.29 is 9.72 Å². The topological polar surface area (TPSA) is 92.1 Å². The van der Waals surface area contributed by atoms with E-state index >= 15 is 0 Å². The second kappa shape index (κ2) is 5.52. The molecule has 1 amide bonds. The highest BCUT2D eigenvalue weighted by atomic mass is 16.6. The predicted octanol–water partition coefficient (Wildman–Crippen LogP) is 1.90. The minimum absolute atomic E-state index is 0.0981. The fourth-order valence-corrected chi connectivity index (χ4v) is 1.90. The van der Waals surface area contributed by atoms with Crippen LogP contribution in [0.2, 0.25) is 0 Å². The van der Waals surface area contributed by atoms with Crippen LogP contribution in [0.25, 0.3) is 0 Å². The number of carbonyl (C=O) groups excluding carboxylic acids is 1. The van der Waals surface area contributed by atoms with Crippen molar-refractivity contribution >= 4 is 11.6 Å². The Balaban J connectivity index is 2.28. The number of benzene rings is 1. The standard InChI is InChI=1S/C13H14N4O3/c1-9-3-4-12(17(19)20)11(5-9)13(18)16(2)8-10-6-14-15-7-10/h3-7H,8H2,1-2H3,(H,14,15). The highest BCUT2D eigenvalue weighted by molar-refractivity contribution is 5.98. The Labute approximate surface area is 115 Å². The Hall–Kier alpha value is -2.70. The van der Waals surface area contributed by atoms with Crippen LogP contribution >= 0.6 is 0 Å². The lowest BCUT2D eigenvalue weighted by atomic mass is 10.1. The molecule has 0 saturated heterocycles. The summed E-state index contributed by atoms with van der Waals surface area (Å²) < 4.78 is 0. The first kappa shape index (κ1) is 13.7. The van der Waals surface area contributed by atoms with Gasteiger partial charge in [0.05, 0.1) is 11.1 Å². The number of amides is 1. The summed E-state index contributed by atoms with van der Waals surface area (Å²) >= 11 is 0. The highest BCUT2D eigenvalue weighted by Gasteiger charge is 2.23. The van der Waals surface area contributed by atoms with Crippen LogP contribution in [0.1, 0.15) is 21.5 Å². The quantitative estimate of drug-likeness (QED) is 0.680. The Morgan fingerprint density at radius 3 is 2.85 bits per heavy atom. The first-order chi connectivity index (χ1) is 9.49. The fraction of sp³-hybridized carbons (Fsp3) is 0.231. The molecule has 1 N–H and O–H groups in total. The van der Waals surface area contributed by atoms with E-state index in [0.717, 1.165) is 11.1 Å². The van der Waals surface area contributed by atoms with Gasteiger partial charge >= 0.3 is 0 Å². The van der Waals surface area contributed by atoms with Gasteiger partial charge in [-0.15, -0.1) is 0 Å². The molecule has 0 spiro atoms. The lowest BCUT2D eigenvalue weighted by Gasteiger charge is -2.16. The van der Waals surface area contributed by atoms with Gasteiger partial charge in [0.25, 0.3) is 11.6 Å². The van der Waals surface area contributed by atoms with Gasteiger partial charge in [0, 0.05) is 31.4 Å². The summed E-state index contributed by atoms with van der Waals surface area (Å²) in [4.78, 5) is 24.2. The molecule has 1 aromatic carbocycles. The summed E-state index contributed by atoms with van der Waals surface area (Å²) in [5.41, 5.74) is 1.55. The number of nitro benzene ring substituents is 1. The van der Waals surface area contributed by atoms with Crippen LogP contribution < -0.4 is 0 Å². The molecule has 0 saturated carbocycles. The molecule has 0 radical (unpaired) electrons. The SMILES string of the molecule is Cc1ccc([N+](=O)[O-])c(C(=O)N(C)Cc2cn[nH]c2)c1. The van der Waals surface area contributed by atoms with Crippen LogP contribution in [0.4, 0.5) is 5.69 Å². The van der Waals surface area contributed by atoms with Crippen molar-refractivity contribution in [2.24, 2.45) is 0 Å². The van der Waals surface area contributed by atoms with E-state index in [-0.39, 0.29) is 17.2 Å². The smallest absolute Gasteiger partial charge is 0.282 e. The Kier molecular flexibility index (Phi) is 3.79. The van der Waals surface area contributed by atoms with E-state index in [2.05, 4.69) is 10.2 Å². The maximum Gasteiger partial charge on any atom is 0.282 e. The minimum atomic E-state index is -0.543. The molecular formula is C13H14N4O3. The number of H-pyrrole nitrogens is 1. The van der Waals surface area contributed by atoms with Gasteiger partial charge in [-0.1, -0.05) is 6.07 Å². The second-order valence-corrected chi connectivity index (χ2v) is 4.55. The van der Waals surface area contributed by atoms with Crippen molar-refractivity contribution in [1.82, 2.24) is 15.1 Å². The van der Waals surface area contributed by atoms with Crippen LogP contribution in [0.15, 0.2) is 30.6 Å². The van der Waals surface area contributed by atoms with Gasteiger partial charge in [-0.2, -0.15) is 5.10 Å². The molecule has 1 aromatic heterocycles. The summed E-state index contributed by atoms with van der Waals surface area (Å²) in [6.07, 6.45) is 3.28. The lowest BCUT2D eigenvalue weighted by molar-refractivity contribution is -0.385. The molecule has 0 aliphatic heterocycles. The van der Waals surface area contributed by atoms with Gasteiger partial charge in [0.1, 0.15) is 5.56 Å². The maximum absolute atomic E-state index is 12.3. The zero-order valence-corrected chi connectivity index (χ0v) is 11.2. The third-order valence-corrected chi connectivity index (χ3v) is 2.90. The number of aromatic amines is 1. The summed E-state index contributed by atoms with van der Waals surface area (Å²) in [6, 6.07) is 4.51. The predicted molar refractivity (Wildman–Crippen MR) is 72.2 cm³/mol. The van der Waals surface area contributed by atoms with Crippen LogP contribution in [0.3, 0.4) is 0 Å². The third-order valence-electron chi connectivity index (χ3n) is 2.90. The third kappa shape index (κ3) is 2.82. The average molecular weight is 274 g/mol. The number of nitrogens with one attached hydrogen (secondary N) is 1. The van der Waals surface area contributed by atoms with Gasteiger partial charge in [-0.25, -0.2) is 0 Å². The monoisotopic (exact) mass is 274 g/mol. The fourth-order valence-electron chi connectivity index (χ4n) is 1.90. The average Bonchev–Trinajstić information content (AvgIpc) is 2.90. The van der Waals surface area contributed by atoms with Gasteiger partial charge in [-0.05, 0) is 18.6 Å². The summed E-state index contributed by atoms with van der Waals surface area (Å²) in [7, 11) is 1.60. The van der Waals surface area contributed by atoms with E-state index in [1.165, 1.54) is 17.0 Å². The second-order valence-electron chi connectivity index (χ2n) is 4.55. The Bertz CT molecular complexity index is 637. The van der Waals surface area contributed by atoms with E-state index < -0.39 is 4.92 Å². The van der Waals surface area contributed by atoms with E-state index in [4.69, 9.17) is 0 Å². The largest absolute Gasteiger partial charge is 0.337 e. The zero-order valence-electron chi connectivity index (χ0n) is 11.2. The minimum Gasteiger partial charge on any atom is -0.337 e. The molecule has 0 fully saturated rings. The highest BCUT2D eigenvalue weighted by Crippen LogP contribution is 2.21. The molecule has 0 atom stereocenters. The molecular weight excluding hydrogens is 260 g/mol. The molecule has 0 aliphatic carbocycles. The molecule has 2 rings (SSSR count).